The smallest absolute Gasteiger partial charge is 0.226 e. The molecule has 0 fully saturated rings. The number of rotatable bonds is 4. The number of hydrogen-bond acceptors (Lipinski definition) is 5. The van der Waals surface area contributed by atoms with E-state index in [-0.39, 0.29) is 24.0 Å². The van der Waals surface area contributed by atoms with Gasteiger partial charge in [0.05, 0.1) is 25.5 Å². The number of oxazole rings is 1. The molecule has 2 heterocycles. The van der Waals surface area contributed by atoms with E-state index in [1.807, 2.05) is 48.5 Å². The molecule has 1 aromatic heterocycles. The number of benzene rings is 2. The molecular formula is C21H23IN4O3. The SMILES string of the molecule is CN=C(NCc1coc(-c2ccccc2)n1)Nc1ccc2c(c1)OCCCO2.I. The Labute approximate surface area is 186 Å². The summed E-state index contributed by atoms with van der Waals surface area (Å²) in [6, 6.07) is 15.6. The highest BCUT2D eigenvalue weighted by atomic mass is 127. The van der Waals surface area contributed by atoms with Gasteiger partial charge in [-0.1, -0.05) is 18.2 Å². The van der Waals surface area contributed by atoms with Gasteiger partial charge in [0.2, 0.25) is 5.89 Å². The lowest BCUT2D eigenvalue weighted by atomic mass is 10.2. The van der Waals surface area contributed by atoms with Crippen molar-refractivity contribution >= 4 is 35.6 Å². The number of anilines is 1. The Balaban J connectivity index is 0.00000240. The molecule has 2 aromatic carbocycles. The molecule has 0 aliphatic carbocycles. The van der Waals surface area contributed by atoms with Crippen molar-refractivity contribution < 1.29 is 13.9 Å². The molecule has 0 atom stereocenters. The van der Waals surface area contributed by atoms with Gasteiger partial charge in [0.15, 0.2) is 17.5 Å². The normalized spacial score (nSPS) is 13.2. The first-order valence-electron chi connectivity index (χ1n) is 9.19. The Morgan fingerprint density at radius 2 is 1.86 bits per heavy atom. The zero-order valence-corrected chi connectivity index (χ0v) is 18.4. The average Bonchev–Trinajstić information content (AvgIpc) is 3.09. The average molecular weight is 506 g/mol. The van der Waals surface area contributed by atoms with Gasteiger partial charge < -0.3 is 24.5 Å². The van der Waals surface area contributed by atoms with E-state index < -0.39 is 0 Å². The van der Waals surface area contributed by atoms with Crippen LogP contribution in [0, 0.1) is 0 Å². The largest absolute Gasteiger partial charge is 0.490 e. The van der Waals surface area contributed by atoms with Gasteiger partial charge in [-0.2, -0.15) is 0 Å². The molecule has 4 rings (SSSR count). The number of hydrogen-bond donors (Lipinski definition) is 2. The maximum atomic E-state index is 5.73. The zero-order chi connectivity index (χ0) is 19.2. The first kappa shape index (κ1) is 21.0. The predicted molar refractivity (Wildman–Crippen MR) is 123 cm³/mol. The van der Waals surface area contributed by atoms with Crippen LogP contribution >= 0.6 is 24.0 Å². The van der Waals surface area contributed by atoms with Gasteiger partial charge in [-0.05, 0) is 24.3 Å². The molecule has 0 bridgehead atoms. The van der Waals surface area contributed by atoms with E-state index in [1.165, 1.54) is 0 Å². The highest BCUT2D eigenvalue weighted by molar-refractivity contribution is 14.0. The van der Waals surface area contributed by atoms with Crippen LogP contribution in [-0.2, 0) is 6.54 Å². The van der Waals surface area contributed by atoms with Gasteiger partial charge in [-0.25, -0.2) is 4.98 Å². The van der Waals surface area contributed by atoms with E-state index in [0.717, 1.165) is 34.9 Å². The van der Waals surface area contributed by atoms with E-state index in [1.54, 1.807) is 13.3 Å². The summed E-state index contributed by atoms with van der Waals surface area (Å²) in [7, 11) is 1.72. The van der Waals surface area contributed by atoms with Crippen LogP contribution in [-0.4, -0.2) is 31.2 Å². The van der Waals surface area contributed by atoms with Gasteiger partial charge >= 0.3 is 0 Å². The van der Waals surface area contributed by atoms with Crippen molar-refractivity contribution in [2.75, 3.05) is 25.6 Å². The summed E-state index contributed by atoms with van der Waals surface area (Å²) in [5.41, 5.74) is 2.60. The number of fused-ring (bicyclic) bond motifs is 1. The lowest BCUT2D eigenvalue weighted by Crippen LogP contribution is -2.30. The van der Waals surface area contributed by atoms with Crippen LogP contribution in [0.25, 0.3) is 11.5 Å². The number of halogens is 1. The third-order valence-corrected chi connectivity index (χ3v) is 4.24. The summed E-state index contributed by atoms with van der Waals surface area (Å²) in [4.78, 5) is 8.77. The molecule has 0 amide bonds. The van der Waals surface area contributed by atoms with Gasteiger partial charge in [0, 0.05) is 30.8 Å². The highest BCUT2D eigenvalue weighted by Gasteiger charge is 2.12. The molecule has 2 N–H and O–H groups in total. The summed E-state index contributed by atoms with van der Waals surface area (Å²) < 4.78 is 17.0. The topological polar surface area (TPSA) is 80.9 Å². The van der Waals surface area contributed by atoms with Crippen molar-refractivity contribution in [2.24, 2.45) is 4.99 Å². The minimum absolute atomic E-state index is 0. The van der Waals surface area contributed by atoms with Crippen LogP contribution in [0.2, 0.25) is 0 Å². The van der Waals surface area contributed by atoms with Crippen LogP contribution in [0.4, 0.5) is 5.69 Å². The first-order chi connectivity index (χ1) is 13.8. The molecule has 0 radical (unpaired) electrons. The molecule has 0 saturated carbocycles. The first-order valence-corrected chi connectivity index (χ1v) is 9.19. The van der Waals surface area contributed by atoms with E-state index in [2.05, 4.69) is 20.6 Å². The Bertz CT molecular complexity index is 960. The molecule has 0 saturated heterocycles. The number of nitrogens with zero attached hydrogens (tertiary/aromatic N) is 2. The summed E-state index contributed by atoms with van der Waals surface area (Å²) >= 11 is 0. The fourth-order valence-corrected chi connectivity index (χ4v) is 2.83. The summed E-state index contributed by atoms with van der Waals surface area (Å²) in [5.74, 6) is 2.73. The lowest BCUT2D eigenvalue weighted by Gasteiger charge is -2.13. The lowest BCUT2D eigenvalue weighted by molar-refractivity contribution is 0.297. The molecule has 29 heavy (non-hydrogen) atoms. The maximum absolute atomic E-state index is 5.73. The highest BCUT2D eigenvalue weighted by Crippen LogP contribution is 2.32. The molecule has 1 aliphatic heterocycles. The molecule has 1 aliphatic rings. The minimum atomic E-state index is 0. The monoisotopic (exact) mass is 506 g/mol. The molecule has 152 valence electrons. The van der Waals surface area contributed by atoms with Gasteiger partial charge in [0.25, 0.3) is 0 Å². The predicted octanol–water partition coefficient (Wildman–Crippen LogP) is 4.31. The standard InChI is InChI=1S/C21H22N4O3.HI/c1-22-21(25-16-8-9-18-19(12-16)27-11-5-10-26-18)23-13-17-14-28-20(24-17)15-6-3-2-4-7-15;/h2-4,6-9,12,14H,5,10-11,13H2,1H3,(H2,22,23,25);1H. The number of nitrogens with one attached hydrogen (secondary N) is 2. The van der Waals surface area contributed by atoms with Gasteiger partial charge in [-0.15, -0.1) is 24.0 Å². The van der Waals surface area contributed by atoms with Crippen molar-refractivity contribution in [3.63, 3.8) is 0 Å². The second-order valence-electron chi connectivity index (χ2n) is 6.27. The number of aliphatic imine (C=N–C) groups is 1. The Morgan fingerprint density at radius 1 is 1.07 bits per heavy atom. The number of guanidine groups is 1. The Morgan fingerprint density at radius 3 is 2.66 bits per heavy atom. The van der Waals surface area contributed by atoms with E-state index >= 15 is 0 Å². The Kier molecular flexibility index (Phi) is 7.34. The molecule has 3 aromatic rings. The van der Waals surface area contributed by atoms with Crippen LogP contribution in [0.5, 0.6) is 11.5 Å². The van der Waals surface area contributed by atoms with Crippen LogP contribution < -0.4 is 20.1 Å². The van der Waals surface area contributed by atoms with Crippen LogP contribution in [0.1, 0.15) is 12.1 Å². The molecule has 8 heteroatoms. The van der Waals surface area contributed by atoms with Crippen molar-refractivity contribution in [1.29, 1.82) is 0 Å². The minimum Gasteiger partial charge on any atom is -0.490 e. The van der Waals surface area contributed by atoms with Gasteiger partial charge in [-0.3, -0.25) is 4.99 Å². The van der Waals surface area contributed by atoms with Crippen molar-refractivity contribution in [2.45, 2.75) is 13.0 Å². The zero-order valence-electron chi connectivity index (χ0n) is 16.1. The van der Waals surface area contributed by atoms with E-state index in [9.17, 15) is 0 Å². The van der Waals surface area contributed by atoms with Crippen molar-refractivity contribution in [1.82, 2.24) is 10.3 Å². The molecule has 0 spiro atoms. The quantitative estimate of drug-likeness (QED) is 0.312. The summed E-state index contributed by atoms with van der Waals surface area (Å²) in [6.07, 6.45) is 2.53. The van der Waals surface area contributed by atoms with Crippen LogP contribution in [0.3, 0.4) is 0 Å². The number of ether oxygens (including phenoxy) is 2. The fraction of sp³-hybridized carbons (Fsp3) is 0.238. The third kappa shape index (κ3) is 5.41. The molecule has 0 unspecified atom stereocenters. The van der Waals surface area contributed by atoms with Crippen molar-refractivity contribution in [3.8, 4) is 23.0 Å². The van der Waals surface area contributed by atoms with Gasteiger partial charge in [0.1, 0.15) is 6.26 Å². The van der Waals surface area contributed by atoms with E-state index in [0.29, 0.717) is 31.6 Å². The second kappa shape index (κ2) is 10.1. The van der Waals surface area contributed by atoms with Crippen molar-refractivity contribution in [3.05, 3.63) is 60.5 Å². The summed E-state index contributed by atoms with van der Waals surface area (Å²) in [5, 5.41) is 6.49. The Hall–Kier alpha value is -2.75. The molecule has 7 nitrogen and oxygen atoms in total. The maximum Gasteiger partial charge on any atom is 0.226 e. The number of aromatic nitrogens is 1. The second-order valence-corrected chi connectivity index (χ2v) is 6.27. The van der Waals surface area contributed by atoms with Crippen LogP contribution in [0.15, 0.2) is 64.2 Å². The van der Waals surface area contributed by atoms with E-state index in [4.69, 9.17) is 13.9 Å². The third-order valence-electron chi connectivity index (χ3n) is 4.24. The summed E-state index contributed by atoms with van der Waals surface area (Å²) in [6.45, 7) is 1.81. The molecular weight excluding hydrogens is 483 g/mol. The fourth-order valence-electron chi connectivity index (χ4n) is 2.83.